The molecule has 1 aliphatic heterocycles. The van der Waals surface area contributed by atoms with E-state index in [2.05, 4.69) is 0 Å². The van der Waals surface area contributed by atoms with Crippen molar-refractivity contribution >= 4 is 12.1 Å². The average Bonchev–Trinajstić information content (AvgIpc) is 2.07. The summed E-state index contributed by atoms with van der Waals surface area (Å²) in [5.41, 5.74) is 4.47. The van der Waals surface area contributed by atoms with Gasteiger partial charge in [0, 0.05) is 25.0 Å². The third-order valence-corrected chi connectivity index (χ3v) is 3.99. The normalized spacial score (nSPS) is 31.4. The number of nitrogens with zero attached hydrogens (tertiary/aromatic N) is 1. The molecule has 108 valence electrons. The summed E-state index contributed by atoms with van der Waals surface area (Å²) in [5.74, 6) is -0.791. The number of likely N-dealkylation sites (tertiary alicyclic amines) is 1. The van der Waals surface area contributed by atoms with E-state index in [0.717, 1.165) is 0 Å². The van der Waals surface area contributed by atoms with Crippen LogP contribution < -0.4 is 5.73 Å². The van der Waals surface area contributed by atoms with E-state index >= 15 is 0 Å². The van der Waals surface area contributed by atoms with Crippen LogP contribution in [0.15, 0.2) is 0 Å². The number of carboxylic acids is 1. The smallest absolute Gasteiger partial charge is 0.410 e. The summed E-state index contributed by atoms with van der Waals surface area (Å²) in [6.45, 7) is 6.34. The number of rotatable bonds is 2. The molecule has 1 amide bonds. The lowest BCUT2D eigenvalue weighted by atomic mass is 9.56. The Hall–Kier alpha value is -1.30. The van der Waals surface area contributed by atoms with Crippen molar-refractivity contribution in [3.63, 3.8) is 0 Å². The standard InChI is InChI=1S/C13H22N2O4/c1-12(2,3)19-11(18)15-6-8(7-15)13(10(16)17)4-9(14)5-13/h8-9H,4-7,14H2,1-3H3,(H,16,17). The van der Waals surface area contributed by atoms with Gasteiger partial charge >= 0.3 is 12.1 Å². The molecular weight excluding hydrogens is 248 g/mol. The lowest BCUT2D eigenvalue weighted by Gasteiger charge is -2.54. The molecule has 0 aromatic heterocycles. The van der Waals surface area contributed by atoms with Gasteiger partial charge in [-0.2, -0.15) is 0 Å². The number of carbonyl (C=O) groups is 2. The molecule has 0 atom stereocenters. The highest BCUT2D eigenvalue weighted by molar-refractivity contribution is 5.78. The van der Waals surface area contributed by atoms with Crippen molar-refractivity contribution in [1.82, 2.24) is 4.90 Å². The molecule has 2 rings (SSSR count). The maximum Gasteiger partial charge on any atom is 0.410 e. The van der Waals surface area contributed by atoms with E-state index in [1.807, 2.05) is 20.8 Å². The Morgan fingerprint density at radius 3 is 2.21 bits per heavy atom. The van der Waals surface area contributed by atoms with Crippen LogP contribution >= 0.6 is 0 Å². The largest absolute Gasteiger partial charge is 0.481 e. The van der Waals surface area contributed by atoms with Gasteiger partial charge in [-0.25, -0.2) is 4.79 Å². The summed E-state index contributed by atoms with van der Waals surface area (Å²) >= 11 is 0. The van der Waals surface area contributed by atoms with E-state index in [0.29, 0.717) is 25.9 Å². The number of hydrogen-bond acceptors (Lipinski definition) is 4. The second-order valence-electron chi connectivity index (χ2n) is 6.71. The van der Waals surface area contributed by atoms with Crippen LogP contribution in [0.4, 0.5) is 4.79 Å². The van der Waals surface area contributed by atoms with Crippen molar-refractivity contribution in [3.8, 4) is 0 Å². The fourth-order valence-electron chi connectivity index (χ4n) is 2.86. The molecule has 2 aliphatic rings. The zero-order valence-corrected chi connectivity index (χ0v) is 11.7. The van der Waals surface area contributed by atoms with Crippen LogP contribution in [0.25, 0.3) is 0 Å². The van der Waals surface area contributed by atoms with Gasteiger partial charge in [0.15, 0.2) is 0 Å². The monoisotopic (exact) mass is 270 g/mol. The summed E-state index contributed by atoms with van der Waals surface area (Å²) in [6.07, 6.45) is 0.650. The van der Waals surface area contributed by atoms with Gasteiger partial charge in [0.25, 0.3) is 0 Å². The Morgan fingerprint density at radius 1 is 1.32 bits per heavy atom. The van der Waals surface area contributed by atoms with E-state index in [9.17, 15) is 14.7 Å². The van der Waals surface area contributed by atoms with Crippen molar-refractivity contribution in [2.75, 3.05) is 13.1 Å². The molecule has 1 saturated heterocycles. The number of aliphatic carboxylic acids is 1. The fraction of sp³-hybridized carbons (Fsp3) is 0.846. The third kappa shape index (κ3) is 2.54. The number of hydrogen-bond donors (Lipinski definition) is 2. The second-order valence-corrected chi connectivity index (χ2v) is 6.71. The van der Waals surface area contributed by atoms with Crippen molar-refractivity contribution < 1.29 is 19.4 Å². The van der Waals surface area contributed by atoms with Crippen LogP contribution in [0.2, 0.25) is 0 Å². The Bertz CT molecular complexity index is 390. The quantitative estimate of drug-likeness (QED) is 0.782. The maximum absolute atomic E-state index is 11.8. The number of carboxylic acid groups (broad SMARTS) is 1. The van der Waals surface area contributed by atoms with Gasteiger partial charge in [-0.05, 0) is 33.6 Å². The maximum atomic E-state index is 11.8. The number of carbonyl (C=O) groups excluding carboxylic acids is 1. The first-order valence-electron chi connectivity index (χ1n) is 6.61. The Labute approximate surface area is 112 Å². The average molecular weight is 270 g/mol. The minimum atomic E-state index is -0.789. The van der Waals surface area contributed by atoms with Gasteiger partial charge in [-0.1, -0.05) is 0 Å². The first kappa shape index (κ1) is 14.1. The predicted molar refractivity (Wildman–Crippen MR) is 68.6 cm³/mol. The zero-order chi connectivity index (χ0) is 14.4. The van der Waals surface area contributed by atoms with Crippen LogP contribution in [0.3, 0.4) is 0 Å². The lowest BCUT2D eigenvalue weighted by Crippen LogP contribution is -2.65. The lowest BCUT2D eigenvalue weighted by molar-refractivity contribution is -0.168. The summed E-state index contributed by atoms with van der Waals surface area (Å²) in [5, 5.41) is 9.36. The van der Waals surface area contributed by atoms with Gasteiger partial charge in [0.2, 0.25) is 0 Å². The minimum Gasteiger partial charge on any atom is -0.481 e. The fourth-order valence-corrected chi connectivity index (χ4v) is 2.86. The number of nitrogens with two attached hydrogens (primary N) is 1. The van der Waals surface area contributed by atoms with Gasteiger partial charge in [-0.15, -0.1) is 0 Å². The first-order valence-corrected chi connectivity index (χ1v) is 6.61. The van der Waals surface area contributed by atoms with E-state index < -0.39 is 17.0 Å². The van der Waals surface area contributed by atoms with Gasteiger partial charge in [0.05, 0.1) is 5.41 Å². The molecule has 0 aromatic rings. The molecule has 6 nitrogen and oxygen atoms in total. The van der Waals surface area contributed by atoms with E-state index in [1.54, 1.807) is 4.90 Å². The first-order chi connectivity index (χ1) is 8.64. The molecule has 3 N–H and O–H groups in total. The minimum absolute atomic E-state index is 0.00248. The van der Waals surface area contributed by atoms with Crippen molar-refractivity contribution in [1.29, 1.82) is 0 Å². The van der Waals surface area contributed by atoms with E-state index in [-0.39, 0.29) is 18.1 Å². The zero-order valence-electron chi connectivity index (χ0n) is 11.7. The van der Waals surface area contributed by atoms with Crippen LogP contribution in [0, 0.1) is 11.3 Å². The summed E-state index contributed by atoms with van der Waals surface area (Å²) < 4.78 is 5.25. The summed E-state index contributed by atoms with van der Waals surface area (Å²) in [6, 6.07) is -0.0216. The van der Waals surface area contributed by atoms with Crippen LogP contribution in [-0.2, 0) is 9.53 Å². The molecule has 1 heterocycles. The van der Waals surface area contributed by atoms with Gasteiger partial charge in [-0.3, -0.25) is 4.79 Å². The molecule has 0 spiro atoms. The van der Waals surface area contributed by atoms with E-state index in [4.69, 9.17) is 10.5 Å². The number of ether oxygens (including phenoxy) is 1. The summed E-state index contributed by atoms with van der Waals surface area (Å²) in [7, 11) is 0. The summed E-state index contributed by atoms with van der Waals surface area (Å²) in [4.78, 5) is 24.7. The van der Waals surface area contributed by atoms with Gasteiger partial charge in [0.1, 0.15) is 5.60 Å². The SMILES string of the molecule is CC(C)(C)OC(=O)N1CC(C2(C(=O)O)CC(N)C2)C1. The molecule has 1 aliphatic carbocycles. The van der Waals surface area contributed by atoms with Crippen LogP contribution in [-0.4, -0.2) is 46.8 Å². The molecule has 0 unspecified atom stereocenters. The van der Waals surface area contributed by atoms with Crippen LogP contribution in [0.5, 0.6) is 0 Å². The van der Waals surface area contributed by atoms with Crippen molar-refractivity contribution in [2.24, 2.45) is 17.1 Å². The predicted octanol–water partition coefficient (Wildman–Crippen LogP) is 1.05. The molecule has 19 heavy (non-hydrogen) atoms. The molecular formula is C13H22N2O4. The Kier molecular flexibility index (Phi) is 3.24. The van der Waals surface area contributed by atoms with Crippen LogP contribution in [0.1, 0.15) is 33.6 Å². The second kappa shape index (κ2) is 4.37. The molecule has 0 bridgehead atoms. The topological polar surface area (TPSA) is 92.9 Å². The highest BCUT2D eigenvalue weighted by atomic mass is 16.6. The molecule has 0 radical (unpaired) electrons. The highest BCUT2D eigenvalue weighted by Crippen LogP contribution is 2.50. The van der Waals surface area contributed by atoms with Crippen molar-refractivity contribution in [2.45, 2.75) is 45.3 Å². The highest BCUT2D eigenvalue weighted by Gasteiger charge is 2.58. The molecule has 0 aromatic carbocycles. The van der Waals surface area contributed by atoms with E-state index in [1.165, 1.54) is 0 Å². The Morgan fingerprint density at radius 2 is 1.84 bits per heavy atom. The van der Waals surface area contributed by atoms with Gasteiger partial charge < -0.3 is 20.5 Å². The van der Waals surface area contributed by atoms with Crippen molar-refractivity contribution in [3.05, 3.63) is 0 Å². The number of amides is 1. The third-order valence-electron chi connectivity index (χ3n) is 3.99. The molecule has 1 saturated carbocycles. The Balaban J connectivity index is 1.89. The molecule has 6 heteroatoms. The molecule has 2 fully saturated rings.